The first-order valence-electron chi connectivity index (χ1n) is 22.7. The largest absolute Gasteiger partial charge is 0.453 e. The number of benzene rings is 12. The number of para-hydroxylation sites is 1. The molecule has 0 aliphatic carbocycles. The highest BCUT2D eigenvalue weighted by Gasteiger charge is 2.22. The lowest BCUT2D eigenvalue weighted by Gasteiger charge is -2.26. The van der Waals surface area contributed by atoms with Gasteiger partial charge in [-0.2, -0.15) is 0 Å². The SMILES string of the molecule is c1ccc(-c2c(-c3ccccc3)c3cc(-c4cccc(N(c5ccc(-c6ccc7ccccc7c6)cc5)c5cccc6c5oc5c7ccccc7ccc65)c4)ccc3c3ccccc23)cc1. The minimum Gasteiger partial charge on any atom is -0.453 e. The number of anilines is 3. The van der Waals surface area contributed by atoms with E-state index in [2.05, 4.69) is 254 Å². The Labute approximate surface area is 382 Å². The van der Waals surface area contributed by atoms with Gasteiger partial charge >= 0.3 is 0 Å². The summed E-state index contributed by atoms with van der Waals surface area (Å²) in [5.74, 6) is 0. The standard InChI is InChI=1S/C64H41NO/c1-3-17-45(18-4-1)61-56-26-12-11-25-54(56)55-37-34-50(41-59(55)62(61)46-19-5-2-6-20-46)48-22-13-23-52(40-48)65(51-35-31-43(32-36-51)49-30-29-42-15-7-8-21-47(42)39-49)60-28-14-27-57-58-38-33-44-16-9-10-24-53(44)63(58)66-64(57)60/h1-41H. The summed E-state index contributed by atoms with van der Waals surface area (Å²) in [7, 11) is 0. The summed E-state index contributed by atoms with van der Waals surface area (Å²) in [6, 6.07) is 90.2. The highest BCUT2D eigenvalue weighted by molar-refractivity contribution is 6.22. The topological polar surface area (TPSA) is 16.4 Å². The average Bonchev–Trinajstić information content (AvgIpc) is 3.79. The van der Waals surface area contributed by atoms with Gasteiger partial charge in [0.25, 0.3) is 0 Å². The molecule has 1 heterocycles. The van der Waals surface area contributed by atoms with Crippen LogP contribution in [0.4, 0.5) is 17.1 Å². The van der Waals surface area contributed by atoms with Crippen LogP contribution in [0, 0.1) is 0 Å². The van der Waals surface area contributed by atoms with Crippen LogP contribution in [0.15, 0.2) is 253 Å². The zero-order valence-corrected chi connectivity index (χ0v) is 36.0. The molecule has 0 unspecified atom stereocenters. The summed E-state index contributed by atoms with van der Waals surface area (Å²) in [5, 5.41) is 11.9. The lowest BCUT2D eigenvalue weighted by molar-refractivity contribution is 0.673. The molecular weight excluding hydrogens is 799 g/mol. The molecule has 0 saturated heterocycles. The molecule has 0 atom stereocenters. The number of fused-ring (bicyclic) bond motifs is 9. The van der Waals surface area contributed by atoms with Crippen LogP contribution in [0.5, 0.6) is 0 Å². The second-order valence-electron chi connectivity index (χ2n) is 17.2. The maximum Gasteiger partial charge on any atom is 0.159 e. The predicted molar refractivity (Wildman–Crippen MR) is 280 cm³/mol. The molecule has 0 aliphatic heterocycles. The van der Waals surface area contributed by atoms with Crippen molar-refractivity contribution in [3.63, 3.8) is 0 Å². The Morgan fingerprint density at radius 2 is 0.758 bits per heavy atom. The average molecular weight is 840 g/mol. The number of furan rings is 1. The molecule has 12 aromatic carbocycles. The van der Waals surface area contributed by atoms with E-state index in [-0.39, 0.29) is 0 Å². The fourth-order valence-corrected chi connectivity index (χ4v) is 10.3. The van der Waals surface area contributed by atoms with Crippen molar-refractivity contribution in [3.8, 4) is 44.5 Å². The van der Waals surface area contributed by atoms with Crippen LogP contribution in [0.1, 0.15) is 0 Å². The second kappa shape index (κ2) is 15.5. The van der Waals surface area contributed by atoms with E-state index in [1.54, 1.807) is 0 Å². The first-order valence-corrected chi connectivity index (χ1v) is 22.7. The third kappa shape index (κ3) is 6.26. The van der Waals surface area contributed by atoms with Gasteiger partial charge in [0.05, 0.1) is 5.69 Å². The van der Waals surface area contributed by atoms with E-state index < -0.39 is 0 Å². The quantitative estimate of drug-likeness (QED) is 0.149. The second-order valence-corrected chi connectivity index (χ2v) is 17.2. The summed E-state index contributed by atoms with van der Waals surface area (Å²) >= 11 is 0. The van der Waals surface area contributed by atoms with E-state index >= 15 is 0 Å². The van der Waals surface area contributed by atoms with Gasteiger partial charge < -0.3 is 9.32 Å². The zero-order valence-electron chi connectivity index (χ0n) is 36.0. The van der Waals surface area contributed by atoms with Crippen LogP contribution < -0.4 is 4.90 Å². The molecule has 1 aromatic heterocycles. The molecule has 13 rings (SSSR count). The Bertz CT molecular complexity index is 3980. The monoisotopic (exact) mass is 839 g/mol. The molecule has 0 spiro atoms. The van der Waals surface area contributed by atoms with Gasteiger partial charge in [-0.25, -0.2) is 0 Å². The first kappa shape index (κ1) is 37.8. The van der Waals surface area contributed by atoms with Gasteiger partial charge in [0.1, 0.15) is 5.58 Å². The van der Waals surface area contributed by atoms with E-state index in [1.807, 2.05) is 0 Å². The Kier molecular flexibility index (Phi) is 8.89. The van der Waals surface area contributed by atoms with Crippen LogP contribution >= 0.6 is 0 Å². The highest BCUT2D eigenvalue weighted by Crippen LogP contribution is 2.47. The molecule has 0 N–H and O–H groups in total. The van der Waals surface area contributed by atoms with Crippen molar-refractivity contribution in [3.05, 3.63) is 249 Å². The zero-order chi connectivity index (χ0) is 43.6. The Morgan fingerprint density at radius 1 is 0.242 bits per heavy atom. The van der Waals surface area contributed by atoms with E-state index in [1.165, 1.54) is 65.7 Å². The van der Waals surface area contributed by atoms with Gasteiger partial charge in [-0.1, -0.05) is 200 Å². The van der Waals surface area contributed by atoms with Crippen molar-refractivity contribution < 1.29 is 4.42 Å². The molecule has 0 aliphatic rings. The Balaban J connectivity index is 1.01. The molecule has 0 amide bonds. The molecular formula is C64H41NO. The normalized spacial score (nSPS) is 11.6. The molecule has 0 saturated carbocycles. The van der Waals surface area contributed by atoms with Crippen LogP contribution in [0.3, 0.4) is 0 Å². The third-order valence-corrected chi connectivity index (χ3v) is 13.4. The minimum atomic E-state index is 0.853. The van der Waals surface area contributed by atoms with E-state index in [9.17, 15) is 0 Å². The van der Waals surface area contributed by atoms with Gasteiger partial charge in [0.2, 0.25) is 0 Å². The lowest BCUT2D eigenvalue weighted by atomic mass is 9.84. The molecule has 2 heteroatoms. The number of hydrogen-bond donors (Lipinski definition) is 0. The molecule has 13 aromatic rings. The van der Waals surface area contributed by atoms with Crippen LogP contribution in [0.2, 0.25) is 0 Å². The molecule has 0 radical (unpaired) electrons. The van der Waals surface area contributed by atoms with Gasteiger partial charge in [0.15, 0.2) is 5.58 Å². The summed E-state index contributed by atoms with van der Waals surface area (Å²) < 4.78 is 7.01. The van der Waals surface area contributed by atoms with Gasteiger partial charge in [-0.3, -0.25) is 0 Å². The molecule has 0 bridgehead atoms. The number of nitrogens with zero attached hydrogens (tertiary/aromatic N) is 1. The lowest BCUT2D eigenvalue weighted by Crippen LogP contribution is -2.10. The fourth-order valence-electron chi connectivity index (χ4n) is 10.3. The van der Waals surface area contributed by atoms with Crippen molar-refractivity contribution >= 4 is 82.1 Å². The summed E-state index contributed by atoms with van der Waals surface area (Å²) in [5.41, 5.74) is 14.3. The van der Waals surface area contributed by atoms with Gasteiger partial charge in [-0.05, 0) is 131 Å². The summed E-state index contributed by atoms with van der Waals surface area (Å²) in [4.78, 5) is 2.36. The van der Waals surface area contributed by atoms with Gasteiger partial charge in [0, 0.05) is 27.5 Å². The Hall–Kier alpha value is -8.72. The number of hydrogen-bond acceptors (Lipinski definition) is 2. The first-order chi connectivity index (χ1) is 32.7. The van der Waals surface area contributed by atoms with E-state index in [0.717, 1.165) is 60.9 Å². The van der Waals surface area contributed by atoms with Crippen LogP contribution in [-0.4, -0.2) is 0 Å². The molecule has 2 nitrogen and oxygen atoms in total. The smallest absolute Gasteiger partial charge is 0.159 e. The van der Waals surface area contributed by atoms with Crippen LogP contribution in [0.25, 0.3) is 110 Å². The highest BCUT2D eigenvalue weighted by atomic mass is 16.3. The molecule has 0 fully saturated rings. The molecule has 308 valence electrons. The fraction of sp³-hybridized carbons (Fsp3) is 0. The van der Waals surface area contributed by atoms with E-state index in [4.69, 9.17) is 4.42 Å². The summed E-state index contributed by atoms with van der Waals surface area (Å²) in [6.45, 7) is 0. The van der Waals surface area contributed by atoms with Crippen molar-refractivity contribution in [2.45, 2.75) is 0 Å². The maximum absolute atomic E-state index is 7.01. The van der Waals surface area contributed by atoms with E-state index in [0.29, 0.717) is 0 Å². The van der Waals surface area contributed by atoms with Gasteiger partial charge in [-0.15, -0.1) is 0 Å². The van der Waals surface area contributed by atoms with Crippen molar-refractivity contribution in [2.24, 2.45) is 0 Å². The molecule has 66 heavy (non-hydrogen) atoms. The maximum atomic E-state index is 7.01. The minimum absolute atomic E-state index is 0.853. The number of rotatable bonds is 7. The Morgan fingerprint density at radius 3 is 1.55 bits per heavy atom. The predicted octanol–water partition coefficient (Wildman–Crippen LogP) is 18.3. The summed E-state index contributed by atoms with van der Waals surface area (Å²) in [6.07, 6.45) is 0. The van der Waals surface area contributed by atoms with Crippen molar-refractivity contribution in [2.75, 3.05) is 4.90 Å². The van der Waals surface area contributed by atoms with Crippen molar-refractivity contribution in [1.29, 1.82) is 0 Å². The van der Waals surface area contributed by atoms with Crippen molar-refractivity contribution in [1.82, 2.24) is 0 Å². The van der Waals surface area contributed by atoms with Crippen LogP contribution in [-0.2, 0) is 0 Å². The third-order valence-electron chi connectivity index (χ3n) is 13.4.